The Morgan fingerprint density at radius 1 is 1.17 bits per heavy atom. The number of rotatable bonds is 8. The smallest absolute Gasteiger partial charge is 0.263 e. The van der Waals surface area contributed by atoms with Crippen LogP contribution in [-0.2, 0) is 19.8 Å². The topological polar surface area (TPSA) is 151 Å². The number of anilines is 1. The highest BCUT2D eigenvalue weighted by Gasteiger charge is 2.40. The highest BCUT2D eigenvalue weighted by Crippen LogP contribution is 2.52. The first-order valence-electron chi connectivity index (χ1n) is 10.9. The number of hydrogen-bond acceptors (Lipinski definition) is 8. The third-order valence-corrected chi connectivity index (χ3v) is 7.54. The van der Waals surface area contributed by atoms with Gasteiger partial charge in [-0.3, -0.25) is 25.0 Å². The molecule has 6 N–H and O–H groups in total. The summed E-state index contributed by atoms with van der Waals surface area (Å²) in [4.78, 5) is 37.7. The van der Waals surface area contributed by atoms with Gasteiger partial charge in [0.2, 0.25) is 5.91 Å². The number of thiocarbonyl (C=S) groups is 1. The lowest BCUT2D eigenvalue weighted by molar-refractivity contribution is -0.123. The zero-order valence-electron chi connectivity index (χ0n) is 19.6. The van der Waals surface area contributed by atoms with Gasteiger partial charge in [0.15, 0.2) is 5.11 Å². The summed E-state index contributed by atoms with van der Waals surface area (Å²) in [5.74, 6) is -1.21. The minimum absolute atomic E-state index is 0.0253. The van der Waals surface area contributed by atoms with Gasteiger partial charge in [0.05, 0.1) is 9.32 Å². The predicted octanol–water partition coefficient (Wildman–Crippen LogP) is 3.21. The van der Waals surface area contributed by atoms with Gasteiger partial charge in [0.1, 0.15) is 16.4 Å². The van der Waals surface area contributed by atoms with Crippen LogP contribution in [0.5, 0.6) is 0 Å². The fraction of sp³-hybridized carbons (Fsp3) is 0.304. The molecule has 0 unspecified atom stereocenters. The van der Waals surface area contributed by atoms with E-state index in [0.717, 1.165) is 16.9 Å². The molecule has 2 aliphatic rings. The fourth-order valence-electron chi connectivity index (χ4n) is 4.00. The Bertz CT molecular complexity index is 1170. The maximum absolute atomic E-state index is 12.0. The monoisotopic (exact) mass is 646 g/mol. The lowest BCUT2D eigenvalue weighted by Crippen LogP contribution is -2.51. The van der Waals surface area contributed by atoms with Crippen molar-refractivity contribution in [2.45, 2.75) is 30.6 Å². The van der Waals surface area contributed by atoms with Gasteiger partial charge in [-0.05, 0) is 54.6 Å². The molecule has 13 heteroatoms. The largest absolute Gasteiger partial charge is 0.355 e. The third kappa shape index (κ3) is 6.33. The molecule has 0 spiro atoms. The molecule has 0 atom stereocenters. The summed E-state index contributed by atoms with van der Waals surface area (Å²) >= 11 is 6.80. The number of carbonyl (C=O) groups is 3. The molecular formula is C23H27IN4O6S2. The van der Waals surface area contributed by atoms with Crippen molar-refractivity contribution in [1.82, 2.24) is 16.0 Å². The molecule has 1 saturated heterocycles. The average molecular weight is 647 g/mol. The van der Waals surface area contributed by atoms with Gasteiger partial charge in [0.25, 0.3) is 11.8 Å². The van der Waals surface area contributed by atoms with Crippen molar-refractivity contribution in [2.24, 2.45) is 0 Å². The second kappa shape index (κ2) is 11.4. The van der Waals surface area contributed by atoms with Gasteiger partial charge in [-0.2, -0.15) is 0 Å². The van der Waals surface area contributed by atoms with E-state index in [1.807, 2.05) is 42.5 Å². The van der Waals surface area contributed by atoms with Gasteiger partial charge >= 0.3 is 0 Å². The van der Waals surface area contributed by atoms with Crippen molar-refractivity contribution in [3.8, 4) is 0 Å². The molecule has 2 aliphatic heterocycles. The lowest BCUT2D eigenvalue weighted by atomic mass is 9.83. The maximum Gasteiger partial charge on any atom is 0.263 e. The zero-order chi connectivity index (χ0) is 26.7. The first-order chi connectivity index (χ1) is 16.9. The van der Waals surface area contributed by atoms with E-state index < -0.39 is 28.1 Å². The Morgan fingerprint density at radius 2 is 1.81 bits per heavy atom. The van der Waals surface area contributed by atoms with Crippen LogP contribution < -0.4 is 20.9 Å². The third-order valence-electron chi connectivity index (χ3n) is 5.75. The second-order valence-corrected chi connectivity index (χ2v) is 11.2. The molecular weight excluding hydrogens is 619 g/mol. The van der Waals surface area contributed by atoms with Crippen LogP contribution in [0.1, 0.15) is 25.8 Å². The Hall–Kier alpha value is -2.30. The molecule has 1 aromatic carbocycles. The minimum Gasteiger partial charge on any atom is -0.355 e. The number of fused-ring (bicyclic) bond motifs is 1. The summed E-state index contributed by atoms with van der Waals surface area (Å²) in [6.45, 7) is 5.00. The number of halogens is 1. The van der Waals surface area contributed by atoms with Crippen LogP contribution in [0.15, 0.2) is 58.7 Å². The molecule has 0 aliphatic carbocycles. The number of nitrogens with one attached hydrogen (secondary N) is 3. The average Bonchev–Trinajstić information content (AvgIpc) is 3.00. The van der Waals surface area contributed by atoms with E-state index >= 15 is 0 Å². The predicted molar refractivity (Wildman–Crippen MR) is 151 cm³/mol. The first kappa shape index (κ1) is 28.3. The molecule has 36 heavy (non-hydrogen) atoms. The van der Waals surface area contributed by atoms with Crippen molar-refractivity contribution >= 4 is 74.2 Å². The molecule has 0 saturated carbocycles. The zero-order valence-corrected chi connectivity index (χ0v) is 23.4. The lowest BCUT2D eigenvalue weighted by Gasteiger charge is -2.27. The molecule has 0 radical (unpaired) electrons. The molecule has 2 heterocycles. The summed E-state index contributed by atoms with van der Waals surface area (Å²) in [6.07, 6.45) is 7.17. The Labute approximate surface area is 229 Å². The number of amides is 3. The van der Waals surface area contributed by atoms with E-state index in [1.54, 1.807) is 24.3 Å². The van der Waals surface area contributed by atoms with Gasteiger partial charge in [0, 0.05) is 29.9 Å². The maximum atomic E-state index is 12.0. The Morgan fingerprint density at radius 3 is 2.42 bits per heavy atom. The molecule has 3 rings (SSSR count). The summed E-state index contributed by atoms with van der Waals surface area (Å²) in [6, 6.07) is 4.79. The van der Waals surface area contributed by atoms with Crippen molar-refractivity contribution < 1.29 is 28.0 Å². The number of hydrogen-bond donors (Lipinski definition) is 6. The van der Waals surface area contributed by atoms with E-state index in [2.05, 4.69) is 20.9 Å². The van der Waals surface area contributed by atoms with Crippen molar-refractivity contribution in [3.63, 3.8) is 0 Å². The van der Waals surface area contributed by atoms with Crippen LogP contribution >= 0.6 is 45.7 Å². The van der Waals surface area contributed by atoms with Gasteiger partial charge in [-0.25, -0.2) is 0 Å². The van der Waals surface area contributed by atoms with Crippen LogP contribution in [0.2, 0.25) is 0 Å². The summed E-state index contributed by atoms with van der Waals surface area (Å²) in [5, 5.41) is 7.57. The van der Waals surface area contributed by atoms with Gasteiger partial charge in [-0.1, -0.05) is 48.6 Å². The normalized spacial score (nSPS) is 18.8. The molecule has 3 amide bonds. The summed E-state index contributed by atoms with van der Waals surface area (Å²) < 4.78 is 29.7. The van der Waals surface area contributed by atoms with Crippen LogP contribution in [0.25, 0.3) is 0 Å². The van der Waals surface area contributed by atoms with E-state index in [0.29, 0.717) is 23.9 Å². The van der Waals surface area contributed by atoms with E-state index in [9.17, 15) is 28.0 Å². The fourth-order valence-corrected chi connectivity index (χ4v) is 4.98. The highest BCUT2D eigenvalue weighted by atomic mass is 127. The van der Waals surface area contributed by atoms with Crippen LogP contribution in [0, 0.1) is 0 Å². The number of benzene rings is 1. The molecule has 0 aromatic heterocycles. The molecule has 1 fully saturated rings. The molecule has 0 bridgehead atoms. The van der Waals surface area contributed by atoms with Crippen LogP contribution in [0.3, 0.4) is 0 Å². The Kier molecular flexibility index (Phi) is 8.95. The van der Waals surface area contributed by atoms with E-state index in [-0.39, 0.29) is 21.5 Å². The van der Waals surface area contributed by atoms with Crippen molar-refractivity contribution in [3.05, 3.63) is 59.3 Å². The summed E-state index contributed by atoms with van der Waals surface area (Å²) in [7, 11) is -3.88. The molecule has 10 nitrogen and oxygen atoms in total. The SMILES string of the molecule is CC1(C)/C(=C\C=C\C=C2C(=O)NC(=S)NC2=O)N(CCCNC(=O)CI)c2ccc(S(O)(O)O)cc21. The molecule has 1 aromatic rings. The highest BCUT2D eigenvalue weighted by molar-refractivity contribution is 14.1. The number of alkyl halides is 1. The summed E-state index contributed by atoms with van der Waals surface area (Å²) in [5.41, 5.74) is 1.85. The second-order valence-electron chi connectivity index (χ2n) is 8.57. The van der Waals surface area contributed by atoms with Crippen molar-refractivity contribution in [1.29, 1.82) is 0 Å². The quantitative estimate of drug-likeness (QED) is 0.0630. The Balaban J connectivity index is 1.92. The van der Waals surface area contributed by atoms with Crippen LogP contribution in [0.4, 0.5) is 5.69 Å². The minimum atomic E-state index is -3.88. The van der Waals surface area contributed by atoms with Gasteiger partial charge in [-0.15, -0.1) is 0 Å². The standard InChI is InChI=1S/C23H27IN4O6S2/c1-23(2)16-12-14(36(32,33)34)8-9-17(16)28(11-5-10-25-19(29)13-24)18(23)7-4-3-6-15-20(30)26-22(35)27-21(15)31/h3-4,6-9,12,32-34H,5,10-11,13H2,1-2H3,(H,25,29)(H2,26,27,30,31,35)/b4-3+,18-7+. The van der Waals surface area contributed by atoms with Gasteiger partial charge < -0.3 is 23.9 Å². The van der Waals surface area contributed by atoms with E-state index in [4.69, 9.17) is 12.2 Å². The van der Waals surface area contributed by atoms with E-state index in [1.165, 1.54) is 12.1 Å². The number of allylic oxidation sites excluding steroid dienone is 5. The number of nitrogens with zero attached hydrogens (tertiary/aromatic N) is 1. The molecule has 194 valence electrons. The number of carbonyl (C=O) groups excluding carboxylic acids is 3. The van der Waals surface area contributed by atoms with Crippen LogP contribution in [-0.4, -0.2) is 54.0 Å². The van der Waals surface area contributed by atoms with Crippen molar-refractivity contribution in [2.75, 3.05) is 22.4 Å². The first-order valence-corrected chi connectivity index (χ1v) is 14.3.